The Labute approximate surface area is 166 Å². The van der Waals surface area contributed by atoms with Crippen LogP contribution in [0.15, 0.2) is 54.6 Å². The van der Waals surface area contributed by atoms with E-state index in [-0.39, 0.29) is 18.1 Å². The third-order valence-electron chi connectivity index (χ3n) is 5.32. The van der Waals surface area contributed by atoms with Crippen molar-refractivity contribution < 1.29 is 14.7 Å². The number of hydrogen-bond donors (Lipinski definition) is 1. The maximum atomic E-state index is 11.7. The summed E-state index contributed by atoms with van der Waals surface area (Å²) < 4.78 is 0. The van der Waals surface area contributed by atoms with Gasteiger partial charge in [-0.3, -0.25) is 19.4 Å². The molecule has 1 N–H and O–H groups in total. The van der Waals surface area contributed by atoms with Crippen molar-refractivity contribution in [1.82, 2.24) is 9.80 Å². The van der Waals surface area contributed by atoms with Crippen molar-refractivity contribution in [3.63, 3.8) is 0 Å². The van der Waals surface area contributed by atoms with Gasteiger partial charge in [0.05, 0.1) is 23.5 Å². The van der Waals surface area contributed by atoms with Crippen molar-refractivity contribution in [2.45, 2.75) is 25.5 Å². The molecule has 0 spiro atoms. The number of aliphatic hydroxyl groups is 1. The molecule has 148 valence electrons. The molecule has 2 amide bonds. The second-order valence-corrected chi connectivity index (χ2v) is 7.25. The molecule has 0 saturated carbocycles. The molecule has 2 bridgehead atoms. The number of fused-ring (bicyclic) bond motifs is 2. The first-order valence-electron chi connectivity index (χ1n) is 9.53. The number of anilines is 2. The van der Waals surface area contributed by atoms with Crippen LogP contribution in [-0.4, -0.2) is 60.0 Å². The molecule has 6 heteroatoms. The molecule has 0 aromatic heterocycles. The molecule has 0 aliphatic carbocycles. The van der Waals surface area contributed by atoms with Crippen LogP contribution in [0.4, 0.5) is 11.4 Å². The topological polar surface area (TPSA) is 64.1 Å². The second kappa shape index (κ2) is 8.99. The lowest BCUT2D eigenvalue weighted by atomic mass is 10.1. The zero-order chi connectivity index (χ0) is 20.1. The Morgan fingerprint density at radius 1 is 1.21 bits per heavy atom. The summed E-state index contributed by atoms with van der Waals surface area (Å²) in [5, 5.41) is 9.61. The molecule has 2 aromatic carbocycles. The van der Waals surface area contributed by atoms with E-state index >= 15 is 0 Å². The molecule has 2 aromatic rings. The number of nitrogens with zero attached hydrogens (tertiary/aromatic N) is 3. The Bertz CT molecular complexity index is 785. The minimum atomic E-state index is -0.223. The molecule has 2 unspecified atom stereocenters. The van der Waals surface area contributed by atoms with E-state index < -0.39 is 0 Å². The lowest BCUT2D eigenvalue weighted by Gasteiger charge is -2.31. The summed E-state index contributed by atoms with van der Waals surface area (Å²) in [6.07, 6.45) is 1.43. The largest absolute Gasteiger partial charge is 0.392 e. The van der Waals surface area contributed by atoms with E-state index in [9.17, 15) is 14.7 Å². The van der Waals surface area contributed by atoms with E-state index in [4.69, 9.17) is 0 Å². The van der Waals surface area contributed by atoms with Crippen molar-refractivity contribution in [1.29, 1.82) is 0 Å². The van der Waals surface area contributed by atoms with Crippen LogP contribution < -0.4 is 4.90 Å². The van der Waals surface area contributed by atoms with Gasteiger partial charge < -0.3 is 10.0 Å². The first-order chi connectivity index (χ1) is 13.5. The van der Waals surface area contributed by atoms with Crippen LogP contribution in [0.1, 0.15) is 24.9 Å². The van der Waals surface area contributed by atoms with Gasteiger partial charge in [0.1, 0.15) is 0 Å². The number of carbonyl (C=O) groups excluding carboxylic acids is 2. The van der Waals surface area contributed by atoms with E-state index in [2.05, 4.69) is 17.0 Å². The van der Waals surface area contributed by atoms with E-state index in [1.165, 1.54) is 0 Å². The predicted octanol–water partition coefficient (Wildman–Crippen LogP) is 2.57. The number of benzene rings is 2. The smallest absolute Gasteiger partial charge is 0.219 e. The molecule has 2 atom stereocenters. The minimum Gasteiger partial charge on any atom is -0.392 e. The highest BCUT2D eigenvalue weighted by Gasteiger charge is 2.26. The highest BCUT2D eigenvalue weighted by molar-refractivity contribution is 5.94. The maximum absolute atomic E-state index is 11.7. The summed E-state index contributed by atoms with van der Waals surface area (Å²) in [5.41, 5.74) is 3.12. The molecule has 3 aliphatic rings. The zero-order valence-electron chi connectivity index (χ0n) is 16.4. The van der Waals surface area contributed by atoms with E-state index in [0.29, 0.717) is 6.54 Å². The van der Waals surface area contributed by atoms with Gasteiger partial charge in [0, 0.05) is 33.6 Å². The van der Waals surface area contributed by atoms with Crippen LogP contribution in [0.25, 0.3) is 0 Å². The van der Waals surface area contributed by atoms with Gasteiger partial charge in [-0.1, -0.05) is 36.4 Å². The minimum absolute atomic E-state index is 0.0454. The van der Waals surface area contributed by atoms with Gasteiger partial charge in [0.15, 0.2) is 0 Å². The maximum Gasteiger partial charge on any atom is 0.219 e. The normalized spacial score (nSPS) is 18.5. The van der Waals surface area contributed by atoms with E-state index in [0.717, 1.165) is 42.9 Å². The molecule has 3 aliphatic heterocycles. The van der Waals surface area contributed by atoms with Gasteiger partial charge >= 0.3 is 0 Å². The molecule has 1 saturated heterocycles. The van der Waals surface area contributed by atoms with Gasteiger partial charge in [-0.2, -0.15) is 0 Å². The Hall–Kier alpha value is -2.70. The summed E-state index contributed by atoms with van der Waals surface area (Å²) in [6.45, 7) is 3.97. The van der Waals surface area contributed by atoms with Crippen molar-refractivity contribution in [3.05, 3.63) is 60.2 Å². The number of amides is 2. The third-order valence-corrected chi connectivity index (χ3v) is 5.32. The van der Waals surface area contributed by atoms with Crippen LogP contribution >= 0.6 is 0 Å². The number of aliphatic hydroxyl groups excluding tert-OH is 1. The van der Waals surface area contributed by atoms with Crippen LogP contribution in [-0.2, 0) is 9.59 Å². The lowest BCUT2D eigenvalue weighted by molar-refractivity contribution is -0.130. The second-order valence-electron chi connectivity index (χ2n) is 7.25. The Balaban J connectivity index is 0.000000206. The summed E-state index contributed by atoms with van der Waals surface area (Å²) in [7, 11) is 1.84. The van der Waals surface area contributed by atoms with E-state index in [1.54, 1.807) is 16.7 Å². The van der Waals surface area contributed by atoms with Crippen molar-refractivity contribution >= 4 is 23.7 Å². The van der Waals surface area contributed by atoms with Crippen molar-refractivity contribution in [3.8, 4) is 0 Å². The number of hydrogen-bond acceptors (Lipinski definition) is 4. The predicted molar refractivity (Wildman–Crippen MR) is 109 cm³/mol. The zero-order valence-corrected chi connectivity index (χ0v) is 16.4. The summed E-state index contributed by atoms with van der Waals surface area (Å²) >= 11 is 0. The average molecular weight is 381 g/mol. The van der Waals surface area contributed by atoms with Crippen molar-refractivity contribution in [2.75, 3.05) is 31.6 Å². The molecule has 3 heterocycles. The Morgan fingerprint density at radius 2 is 1.89 bits per heavy atom. The first-order valence-corrected chi connectivity index (χ1v) is 9.53. The summed E-state index contributed by atoms with van der Waals surface area (Å²) in [6, 6.07) is 17.8. The van der Waals surface area contributed by atoms with Crippen LogP contribution in [0.5, 0.6) is 0 Å². The standard InChI is InChI=1S/C15H22N2O2.C7H5NO/c1-12(18)16(2)15(13-6-4-3-5-7-13)11-17-9-8-14(19)10-17;9-5-8-6-2-1-3-7(8)4-6/h3-7,14-15,19H,8-11H2,1-2H3;1-5H. The fourth-order valence-electron chi connectivity index (χ4n) is 3.57. The molecule has 28 heavy (non-hydrogen) atoms. The van der Waals surface area contributed by atoms with Gasteiger partial charge in [-0.25, -0.2) is 0 Å². The number of rotatable bonds is 5. The number of carbonyl (C=O) groups is 2. The van der Waals surface area contributed by atoms with Gasteiger partial charge in [0.2, 0.25) is 12.3 Å². The first kappa shape index (κ1) is 20.0. The third kappa shape index (κ3) is 4.58. The molecule has 6 nitrogen and oxygen atoms in total. The Kier molecular flexibility index (Phi) is 6.44. The number of likely N-dealkylation sites (tertiary alicyclic amines) is 1. The van der Waals surface area contributed by atoms with Gasteiger partial charge in [0.25, 0.3) is 0 Å². The van der Waals surface area contributed by atoms with Gasteiger partial charge in [-0.15, -0.1) is 0 Å². The summed E-state index contributed by atoms with van der Waals surface area (Å²) in [5.74, 6) is 0.0635. The molecular formula is C22H27N3O3. The van der Waals surface area contributed by atoms with Crippen LogP contribution in [0.3, 0.4) is 0 Å². The van der Waals surface area contributed by atoms with E-state index in [1.807, 2.05) is 49.5 Å². The molecular weight excluding hydrogens is 354 g/mol. The SMILES string of the molecule is CC(=O)N(C)C(CN1CCC(O)C1)c1ccccc1.O=CN1c2cccc1c2. The average Bonchev–Trinajstić information content (AvgIpc) is 3.12. The fourth-order valence-corrected chi connectivity index (χ4v) is 3.57. The van der Waals surface area contributed by atoms with Crippen LogP contribution in [0.2, 0.25) is 0 Å². The molecule has 5 rings (SSSR count). The number of likely N-dealkylation sites (N-methyl/N-ethyl adjacent to an activating group) is 1. The lowest BCUT2D eigenvalue weighted by Crippen LogP contribution is -2.38. The highest BCUT2D eigenvalue weighted by Crippen LogP contribution is 2.35. The van der Waals surface area contributed by atoms with Crippen molar-refractivity contribution in [2.24, 2.45) is 0 Å². The Morgan fingerprint density at radius 3 is 2.36 bits per heavy atom. The summed E-state index contributed by atoms with van der Waals surface area (Å²) in [4.78, 5) is 27.5. The van der Waals surface area contributed by atoms with Gasteiger partial charge in [-0.05, 0) is 30.2 Å². The fraction of sp³-hybridized carbons (Fsp3) is 0.364. The monoisotopic (exact) mass is 381 g/mol. The molecule has 0 radical (unpaired) electrons. The quantitative estimate of drug-likeness (QED) is 0.809. The highest BCUT2D eigenvalue weighted by atomic mass is 16.3. The number of β-amino-alcohol motifs (C(OH)–C–C–N with tert-alkyl or cyclic N) is 1. The molecule has 1 fully saturated rings. The van der Waals surface area contributed by atoms with Crippen LogP contribution in [0, 0.1) is 0 Å².